The second-order valence-corrected chi connectivity index (χ2v) is 10.6. The fourth-order valence-electron chi connectivity index (χ4n) is 6.46. The SMILES string of the molecule is O=C1c2cccc3c(-c4ccc(-c5ccccn5)c5ccccc45)ccc(c23)C(=O)N1C1=Cc2ccccc2CC1. The van der Waals surface area contributed by atoms with E-state index < -0.39 is 0 Å². The molecule has 2 aliphatic rings. The van der Waals surface area contributed by atoms with E-state index in [1.54, 1.807) is 0 Å². The number of fused-ring (bicyclic) bond motifs is 2. The fraction of sp³-hybridized carbons (Fsp3) is 0.0541. The lowest BCUT2D eigenvalue weighted by atomic mass is 9.86. The van der Waals surface area contributed by atoms with Crippen molar-refractivity contribution < 1.29 is 9.59 Å². The van der Waals surface area contributed by atoms with Crippen LogP contribution in [-0.4, -0.2) is 21.7 Å². The lowest BCUT2D eigenvalue weighted by molar-refractivity contribution is 0.0658. The number of pyridine rings is 1. The van der Waals surface area contributed by atoms with Gasteiger partial charge in [-0.3, -0.25) is 14.6 Å². The molecule has 0 unspecified atom stereocenters. The molecule has 6 aromatic rings. The molecule has 41 heavy (non-hydrogen) atoms. The van der Waals surface area contributed by atoms with Gasteiger partial charge in [0.2, 0.25) is 0 Å². The Morgan fingerprint density at radius 2 is 1.17 bits per heavy atom. The zero-order valence-electron chi connectivity index (χ0n) is 22.2. The minimum Gasteiger partial charge on any atom is -0.268 e. The van der Waals surface area contributed by atoms with Crippen LogP contribution in [-0.2, 0) is 6.42 Å². The first kappa shape index (κ1) is 23.5. The first-order chi connectivity index (χ1) is 20.2. The standard InChI is InChI=1S/C37H24N2O2/c40-36-32-13-7-12-31-29(28-17-19-30(34-14-5-6-21-38-34)27-11-4-3-10-26(27)28)18-20-33(35(31)32)37(41)39(36)25-16-15-23-8-1-2-9-24(23)22-25/h1-14,17-22H,15-16H2. The Morgan fingerprint density at radius 1 is 0.537 bits per heavy atom. The number of hydrogen-bond acceptors (Lipinski definition) is 3. The summed E-state index contributed by atoms with van der Waals surface area (Å²) in [5.41, 5.74) is 8.21. The molecular formula is C37H24N2O2. The summed E-state index contributed by atoms with van der Waals surface area (Å²) in [5, 5.41) is 3.83. The third kappa shape index (κ3) is 3.57. The minimum absolute atomic E-state index is 0.258. The van der Waals surface area contributed by atoms with Crippen molar-refractivity contribution in [1.82, 2.24) is 9.88 Å². The monoisotopic (exact) mass is 528 g/mol. The first-order valence-corrected chi connectivity index (χ1v) is 13.9. The molecule has 0 N–H and O–H groups in total. The van der Waals surface area contributed by atoms with Crippen LogP contribution in [0.1, 0.15) is 38.3 Å². The van der Waals surface area contributed by atoms with Crippen LogP contribution in [0.2, 0.25) is 0 Å². The van der Waals surface area contributed by atoms with Crippen molar-refractivity contribution in [2.75, 3.05) is 0 Å². The maximum atomic E-state index is 13.9. The molecule has 8 rings (SSSR count). The number of aryl methyl sites for hydroxylation is 1. The van der Waals surface area contributed by atoms with E-state index in [1.807, 2.05) is 91.1 Å². The summed E-state index contributed by atoms with van der Waals surface area (Å²) in [7, 11) is 0. The molecule has 4 nitrogen and oxygen atoms in total. The minimum atomic E-state index is -0.258. The number of amides is 2. The molecule has 2 amide bonds. The van der Waals surface area contributed by atoms with E-state index in [0.29, 0.717) is 17.5 Å². The van der Waals surface area contributed by atoms with Gasteiger partial charge in [0.25, 0.3) is 11.8 Å². The van der Waals surface area contributed by atoms with Crippen LogP contribution in [0.15, 0.2) is 121 Å². The number of aromatic nitrogens is 1. The Bertz CT molecular complexity index is 2070. The summed E-state index contributed by atoms with van der Waals surface area (Å²) >= 11 is 0. The van der Waals surface area contributed by atoms with Gasteiger partial charge < -0.3 is 0 Å². The molecule has 1 aliphatic carbocycles. The van der Waals surface area contributed by atoms with Gasteiger partial charge in [-0.05, 0) is 81.6 Å². The third-order valence-electron chi connectivity index (χ3n) is 8.38. The van der Waals surface area contributed by atoms with Crippen LogP contribution in [0, 0.1) is 0 Å². The van der Waals surface area contributed by atoms with Crippen molar-refractivity contribution in [3.05, 3.63) is 143 Å². The van der Waals surface area contributed by atoms with Gasteiger partial charge in [0.15, 0.2) is 0 Å². The van der Waals surface area contributed by atoms with E-state index >= 15 is 0 Å². The largest absolute Gasteiger partial charge is 0.268 e. The Labute approximate surface area is 237 Å². The molecule has 0 fully saturated rings. The summed E-state index contributed by atoms with van der Waals surface area (Å²) in [4.78, 5) is 33.9. The van der Waals surface area contributed by atoms with Crippen LogP contribution >= 0.6 is 0 Å². The third-order valence-corrected chi connectivity index (χ3v) is 8.38. The van der Waals surface area contributed by atoms with Crippen molar-refractivity contribution >= 4 is 39.4 Å². The molecule has 1 aliphatic heterocycles. The number of carbonyl (C=O) groups excluding carboxylic acids is 2. The maximum absolute atomic E-state index is 13.9. The highest BCUT2D eigenvalue weighted by Crippen LogP contribution is 2.42. The van der Waals surface area contributed by atoms with E-state index in [-0.39, 0.29) is 11.8 Å². The van der Waals surface area contributed by atoms with Crippen LogP contribution in [0.25, 0.3) is 50.0 Å². The smallest absolute Gasteiger partial charge is 0.265 e. The molecular weight excluding hydrogens is 504 g/mol. The number of hydrogen-bond donors (Lipinski definition) is 0. The predicted molar refractivity (Wildman–Crippen MR) is 163 cm³/mol. The number of allylic oxidation sites excluding steroid dienone is 1. The van der Waals surface area contributed by atoms with Crippen molar-refractivity contribution in [2.45, 2.75) is 12.8 Å². The Hall–Kier alpha value is -5.35. The fourth-order valence-corrected chi connectivity index (χ4v) is 6.46. The molecule has 5 aromatic carbocycles. The number of benzene rings is 5. The van der Waals surface area contributed by atoms with E-state index in [2.05, 4.69) is 35.3 Å². The molecule has 0 radical (unpaired) electrons. The van der Waals surface area contributed by atoms with Gasteiger partial charge in [0.05, 0.1) is 5.69 Å². The molecule has 4 heteroatoms. The van der Waals surface area contributed by atoms with Crippen LogP contribution in [0.3, 0.4) is 0 Å². The normalized spacial score (nSPS) is 14.3. The second kappa shape index (κ2) is 9.10. The molecule has 194 valence electrons. The average Bonchev–Trinajstić information content (AvgIpc) is 3.03. The van der Waals surface area contributed by atoms with Crippen LogP contribution < -0.4 is 0 Å². The molecule has 0 saturated heterocycles. The lowest BCUT2D eigenvalue weighted by Crippen LogP contribution is -2.40. The molecule has 0 atom stereocenters. The van der Waals surface area contributed by atoms with Gasteiger partial charge in [0, 0.05) is 34.0 Å². The number of carbonyl (C=O) groups is 2. The van der Waals surface area contributed by atoms with E-state index in [4.69, 9.17) is 0 Å². The maximum Gasteiger partial charge on any atom is 0.265 e. The number of nitrogens with zero attached hydrogens (tertiary/aromatic N) is 2. The summed E-state index contributed by atoms with van der Waals surface area (Å²) < 4.78 is 0. The average molecular weight is 529 g/mol. The zero-order chi connectivity index (χ0) is 27.5. The number of imide groups is 1. The molecule has 1 aromatic heterocycles. The highest BCUT2D eigenvalue weighted by molar-refractivity contribution is 6.28. The van der Waals surface area contributed by atoms with Crippen molar-refractivity contribution in [3.8, 4) is 22.4 Å². The van der Waals surface area contributed by atoms with E-state index in [9.17, 15) is 9.59 Å². The van der Waals surface area contributed by atoms with Gasteiger partial charge in [-0.2, -0.15) is 0 Å². The van der Waals surface area contributed by atoms with Crippen molar-refractivity contribution in [2.24, 2.45) is 0 Å². The van der Waals surface area contributed by atoms with E-state index in [1.165, 1.54) is 10.5 Å². The number of rotatable bonds is 3. The predicted octanol–water partition coefficient (Wildman–Crippen LogP) is 8.31. The molecule has 2 heterocycles. The Morgan fingerprint density at radius 3 is 1.98 bits per heavy atom. The highest BCUT2D eigenvalue weighted by atomic mass is 16.2. The van der Waals surface area contributed by atoms with Gasteiger partial charge in [0.1, 0.15) is 0 Å². The summed E-state index contributed by atoms with van der Waals surface area (Å²) in [6.07, 6.45) is 5.25. The topological polar surface area (TPSA) is 50.3 Å². The lowest BCUT2D eigenvalue weighted by Gasteiger charge is -2.31. The Kier molecular flexibility index (Phi) is 5.22. The summed E-state index contributed by atoms with van der Waals surface area (Å²) in [5.74, 6) is -0.516. The van der Waals surface area contributed by atoms with Gasteiger partial charge in [-0.25, -0.2) is 4.90 Å². The molecule has 0 spiro atoms. The first-order valence-electron chi connectivity index (χ1n) is 13.9. The van der Waals surface area contributed by atoms with Gasteiger partial charge >= 0.3 is 0 Å². The second-order valence-electron chi connectivity index (χ2n) is 10.6. The van der Waals surface area contributed by atoms with Crippen LogP contribution in [0.5, 0.6) is 0 Å². The van der Waals surface area contributed by atoms with Crippen LogP contribution in [0.4, 0.5) is 0 Å². The van der Waals surface area contributed by atoms with Gasteiger partial charge in [-0.1, -0.05) is 84.9 Å². The quantitative estimate of drug-likeness (QED) is 0.217. The molecule has 0 saturated carbocycles. The Balaban J connectivity index is 1.29. The van der Waals surface area contributed by atoms with Crippen molar-refractivity contribution in [1.29, 1.82) is 0 Å². The van der Waals surface area contributed by atoms with Crippen molar-refractivity contribution in [3.63, 3.8) is 0 Å². The summed E-state index contributed by atoms with van der Waals surface area (Å²) in [6, 6.07) is 36.4. The van der Waals surface area contributed by atoms with E-state index in [0.717, 1.165) is 61.6 Å². The van der Waals surface area contributed by atoms with Gasteiger partial charge in [-0.15, -0.1) is 0 Å². The molecule has 0 bridgehead atoms. The highest BCUT2D eigenvalue weighted by Gasteiger charge is 2.36. The zero-order valence-corrected chi connectivity index (χ0v) is 22.2. The summed E-state index contributed by atoms with van der Waals surface area (Å²) in [6.45, 7) is 0.